The number of benzene rings is 1. The summed E-state index contributed by atoms with van der Waals surface area (Å²) in [7, 11) is 0. The van der Waals surface area contributed by atoms with Crippen molar-refractivity contribution >= 4 is 46.6 Å². The van der Waals surface area contributed by atoms with E-state index in [1.165, 1.54) is 6.42 Å². The SMILES string of the molecule is O=C(Nc1ccc(Cl)c(Cl)c1)[C@H]1[C@@H]2C=C[C@]3(O2)[C@@H]1C(=O)N(CCCN1CCOCC1)[C@@H]3C(=O)NC1CCCCC1. The lowest BCUT2D eigenvalue weighted by Gasteiger charge is -2.34. The lowest BCUT2D eigenvalue weighted by Crippen LogP contribution is -2.56. The fraction of sp³-hybridized carbons (Fsp3) is 0.621. The van der Waals surface area contributed by atoms with E-state index in [-0.39, 0.29) is 23.8 Å². The molecule has 4 heterocycles. The average Bonchev–Trinajstić information content (AvgIpc) is 3.59. The zero-order chi connectivity index (χ0) is 27.9. The number of amides is 3. The lowest BCUT2D eigenvalue weighted by molar-refractivity contribution is -0.141. The van der Waals surface area contributed by atoms with Crippen molar-refractivity contribution in [2.45, 2.75) is 62.3 Å². The Morgan fingerprint density at radius 2 is 1.80 bits per heavy atom. The first-order chi connectivity index (χ1) is 19.4. The molecule has 0 radical (unpaired) electrons. The number of nitrogens with zero attached hydrogens (tertiary/aromatic N) is 2. The van der Waals surface area contributed by atoms with Gasteiger partial charge in [-0.25, -0.2) is 0 Å². The van der Waals surface area contributed by atoms with Gasteiger partial charge in [0.25, 0.3) is 0 Å². The fourth-order valence-corrected chi connectivity index (χ4v) is 7.42. The number of carbonyl (C=O) groups is 3. The van der Waals surface area contributed by atoms with Crippen LogP contribution in [0.2, 0.25) is 10.0 Å². The van der Waals surface area contributed by atoms with Gasteiger partial charge < -0.3 is 25.0 Å². The van der Waals surface area contributed by atoms with Gasteiger partial charge in [-0.05, 0) is 37.5 Å². The van der Waals surface area contributed by atoms with Crippen LogP contribution < -0.4 is 10.6 Å². The molecule has 1 saturated carbocycles. The zero-order valence-corrected chi connectivity index (χ0v) is 24.0. The smallest absolute Gasteiger partial charge is 0.246 e. The van der Waals surface area contributed by atoms with Crippen LogP contribution in [-0.2, 0) is 23.9 Å². The van der Waals surface area contributed by atoms with Crippen LogP contribution in [-0.4, -0.2) is 90.7 Å². The van der Waals surface area contributed by atoms with Gasteiger partial charge in [0.15, 0.2) is 0 Å². The standard InChI is InChI=1S/C29H36Cl2N4O5/c30-20-8-7-19(17-21(20)31)33-26(36)23-22-9-10-29(40-22)24(23)28(38)35(12-4-11-34-13-15-39-16-14-34)25(29)27(37)32-18-5-2-1-3-6-18/h7-10,17-18,22-25H,1-6,11-16H2,(H,32,37)(H,33,36)/t22-,23-,24-,25+,29-/m0/s1. The molecule has 4 aliphatic heterocycles. The Morgan fingerprint density at radius 1 is 1.02 bits per heavy atom. The maximum absolute atomic E-state index is 14.1. The summed E-state index contributed by atoms with van der Waals surface area (Å²) >= 11 is 12.2. The van der Waals surface area contributed by atoms with Crippen molar-refractivity contribution in [1.82, 2.24) is 15.1 Å². The summed E-state index contributed by atoms with van der Waals surface area (Å²) in [4.78, 5) is 45.6. The molecule has 0 aromatic heterocycles. The van der Waals surface area contributed by atoms with Crippen molar-refractivity contribution in [2.75, 3.05) is 44.7 Å². The number of halogens is 2. The zero-order valence-electron chi connectivity index (χ0n) is 22.5. The molecule has 1 aliphatic carbocycles. The number of carbonyl (C=O) groups excluding carboxylic acids is 3. The summed E-state index contributed by atoms with van der Waals surface area (Å²) in [6, 6.07) is 4.14. The number of ether oxygens (including phenoxy) is 2. The molecule has 6 rings (SSSR count). The molecule has 1 aromatic carbocycles. The second-order valence-electron chi connectivity index (χ2n) is 11.5. The third-order valence-corrected chi connectivity index (χ3v) is 9.78. The molecule has 5 atom stereocenters. The third kappa shape index (κ3) is 5.15. The first-order valence-electron chi connectivity index (χ1n) is 14.4. The van der Waals surface area contributed by atoms with Gasteiger partial charge in [-0.15, -0.1) is 0 Å². The normalized spacial score (nSPS) is 31.9. The van der Waals surface area contributed by atoms with Gasteiger partial charge in [-0.1, -0.05) is 54.6 Å². The molecule has 1 spiro atoms. The van der Waals surface area contributed by atoms with E-state index < -0.39 is 29.6 Å². The van der Waals surface area contributed by atoms with Crippen molar-refractivity contribution in [1.29, 1.82) is 0 Å². The molecule has 9 nitrogen and oxygen atoms in total. The monoisotopic (exact) mass is 590 g/mol. The number of likely N-dealkylation sites (tertiary alicyclic amines) is 1. The number of hydrogen-bond acceptors (Lipinski definition) is 6. The van der Waals surface area contributed by atoms with E-state index in [0.29, 0.717) is 35.5 Å². The minimum Gasteiger partial charge on any atom is -0.379 e. The van der Waals surface area contributed by atoms with Crippen LogP contribution in [0.4, 0.5) is 5.69 Å². The van der Waals surface area contributed by atoms with Gasteiger partial charge in [0, 0.05) is 37.9 Å². The fourth-order valence-electron chi connectivity index (χ4n) is 7.12. The average molecular weight is 592 g/mol. The van der Waals surface area contributed by atoms with E-state index >= 15 is 0 Å². The van der Waals surface area contributed by atoms with Crippen LogP contribution in [0, 0.1) is 11.8 Å². The lowest BCUT2D eigenvalue weighted by atomic mass is 9.74. The Kier molecular flexibility index (Phi) is 8.12. The maximum Gasteiger partial charge on any atom is 0.246 e. The largest absolute Gasteiger partial charge is 0.379 e. The van der Waals surface area contributed by atoms with Crippen molar-refractivity contribution < 1.29 is 23.9 Å². The van der Waals surface area contributed by atoms with Crippen LogP contribution in [0.15, 0.2) is 30.4 Å². The molecule has 1 aromatic rings. The predicted octanol–water partition coefficient (Wildman–Crippen LogP) is 3.25. The summed E-state index contributed by atoms with van der Waals surface area (Å²) in [5.41, 5.74) is -0.682. The summed E-state index contributed by atoms with van der Waals surface area (Å²) in [5, 5.41) is 6.83. The van der Waals surface area contributed by atoms with Crippen LogP contribution >= 0.6 is 23.2 Å². The van der Waals surface area contributed by atoms with Crippen molar-refractivity contribution in [3.8, 4) is 0 Å². The minimum absolute atomic E-state index is 0.0957. The molecular formula is C29H36Cl2N4O5. The van der Waals surface area contributed by atoms with E-state index in [4.69, 9.17) is 32.7 Å². The van der Waals surface area contributed by atoms with Crippen LogP contribution in [0.25, 0.3) is 0 Å². The molecule has 2 N–H and O–H groups in total. The molecular weight excluding hydrogens is 555 g/mol. The summed E-state index contributed by atoms with van der Waals surface area (Å²) < 4.78 is 11.9. The molecule has 5 aliphatic rings. The summed E-state index contributed by atoms with van der Waals surface area (Å²) in [6.07, 6.45) is 9.05. The van der Waals surface area contributed by atoms with E-state index in [9.17, 15) is 14.4 Å². The number of rotatable bonds is 8. The first kappa shape index (κ1) is 28.0. The van der Waals surface area contributed by atoms with Gasteiger partial charge >= 0.3 is 0 Å². The van der Waals surface area contributed by atoms with E-state index in [0.717, 1.165) is 51.7 Å². The number of hydrogen-bond donors (Lipinski definition) is 2. The number of fused-ring (bicyclic) bond motifs is 1. The van der Waals surface area contributed by atoms with Gasteiger partial charge in [-0.2, -0.15) is 0 Å². The molecule has 216 valence electrons. The Bertz CT molecular complexity index is 1180. The molecule has 40 heavy (non-hydrogen) atoms. The highest BCUT2D eigenvalue weighted by molar-refractivity contribution is 6.42. The second kappa shape index (κ2) is 11.6. The summed E-state index contributed by atoms with van der Waals surface area (Å²) in [5.74, 6) is -2.27. The van der Waals surface area contributed by atoms with E-state index in [1.54, 1.807) is 23.1 Å². The van der Waals surface area contributed by atoms with Crippen LogP contribution in [0.5, 0.6) is 0 Å². The van der Waals surface area contributed by atoms with E-state index in [1.807, 2.05) is 12.2 Å². The molecule has 3 saturated heterocycles. The number of nitrogens with one attached hydrogen (secondary N) is 2. The second-order valence-corrected chi connectivity index (χ2v) is 12.3. The van der Waals surface area contributed by atoms with Crippen LogP contribution in [0.1, 0.15) is 38.5 Å². The van der Waals surface area contributed by atoms with Crippen molar-refractivity contribution in [2.24, 2.45) is 11.8 Å². The maximum atomic E-state index is 14.1. The highest BCUT2D eigenvalue weighted by atomic mass is 35.5. The highest BCUT2D eigenvalue weighted by Crippen LogP contribution is 2.55. The Balaban J connectivity index is 1.24. The molecule has 0 unspecified atom stereocenters. The Labute approximate surface area is 244 Å². The van der Waals surface area contributed by atoms with E-state index in [2.05, 4.69) is 15.5 Å². The van der Waals surface area contributed by atoms with Crippen LogP contribution in [0.3, 0.4) is 0 Å². The van der Waals surface area contributed by atoms with Crippen molar-refractivity contribution in [3.05, 3.63) is 40.4 Å². The van der Waals surface area contributed by atoms with Crippen molar-refractivity contribution in [3.63, 3.8) is 0 Å². The van der Waals surface area contributed by atoms with Gasteiger partial charge in [0.2, 0.25) is 17.7 Å². The van der Waals surface area contributed by atoms with Gasteiger partial charge in [0.05, 0.1) is 41.2 Å². The van der Waals surface area contributed by atoms with Gasteiger partial charge in [0.1, 0.15) is 11.6 Å². The van der Waals surface area contributed by atoms with Gasteiger partial charge in [-0.3, -0.25) is 19.3 Å². The first-order valence-corrected chi connectivity index (χ1v) is 15.2. The highest BCUT2D eigenvalue weighted by Gasteiger charge is 2.72. The Hall–Kier alpha value is -2.17. The molecule has 4 fully saturated rings. The molecule has 2 bridgehead atoms. The third-order valence-electron chi connectivity index (χ3n) is 9.04. The number of morpholine rings is 1. The quantitative estimate of drug-likeness (QED) is 0.451. The molecule has 3 amide bonds. The molecule has 11 heteroatoms. The summed E-state index contributed by atoms with van der Waals surface area (Å²) in [6.45, 7) is 4.35. The Morgan fingerprint density at radius 3 is 2.55 bits per heavy atom. The minimum atomic E-state index is -1.17. The number of anilines is 1. The topological polar surface area (TPSA) is 100 Å². The predicted molar refractivity (Wildman–Crippen MR) is 151 cm³/mol.